The quantitative estimate of drug-likeness (QED) is 0.248. The molecule has 1 heterocycles. The molecule has 0 atom stereocenters. The van der Waals surface area contributed by atoms with Crippen LogP contribution in [0, 0.1) is 5.82 Å². The van der Waals surface area contributed by atoms with Crippen LogP contribution in [0.2, 0.25) is 0 Å². The van der Waals surface area contributed by atoms with Gasteiger partial charge in [-0.15, -0.1) is 24.0 Å². The second kappa shape index (κ2) is 10.3. The molecule has 0 fully saturated rings. The van der Waals surface area contributed by atoms with Gasteiger partial charge >= 0.3 is 6.18 Å². The van der Waals surface area contributed by atoms with Gasteiger partial charge in [-0.05, 0) is 24.6 Å². The Balaban J connectivity index is 0.00000420. The van der Waals surface area contributed by atoms with Gasteiger partial charge in [0.05, 0.1) is 24.8 Å². The number of nitrogens with zero attached hydrogens (tertiary/aromatic N) is 2. The van der Waals surface area contributed by atoms with E-state index >= 15 is 0 Å². The largest absolute Gasteiger partial charge is 0.443 e. The number of alkyl halides is 3. The molecule has 10 heteroatoms. The Hall–Kier alpha value is -1.85. The first-order valence-electron chi connectivity index (χ1n) is 8.83. The molecule has 162 valence electrons. The van der Waals surface area contributed by atoms with Crippen molar-refractivity contribution in [2.45, 2.75) is 52.4 Å². The highest BCUT2D eigenvalue weighted by Gasteiger charge is 2.33. The van der Waals surface area contributed by atoms with E-state index in [2.05, 4.69) is 20.6 Å². The SMILES string of the molecule is CCNC(=NCc1ccc(F)cc1C(F)(F)F)NCc1ncc(C(C)(C)C)o1.I. The standard InChI is InChI=1S/C19H24F4N4O.HI/c1-5-24-17(27-11-16-25-10-15(28-16)18(2,3)4)26-9-12-6-7-13(20)8-14(12)19(21,22)23;/h6-8,10H,5,9,11H2,1-4H3,(H2,24,26,27);1H. The van der Waals surface area contributed by atoms with Crippen LogP contribution in [0.3, 0.4) is 0 Å². The molecule has 0 saturated carbocycles. The second-order valence-electron chi connectivity index (χ2n) is 7.22. The highest BCUT2D eigenvalue weighted by molar-refractivity contribution is 14.0. The van der Waals surface area contributed by atoms with Crippen molar-refractivity contribution >= 4 is 29.9 Å². The van der Waals surface area contributed by atoms with Crippen LogP contribution < -0.4 is 10.6 Å². The van der Waals surface area contributed by atoms with E-state index in [0.717, 1.165) is 17.9 Å². The lowest BCUT2D eigenvalue weighted by atomic mass is 9.94. The Morgan fingerprint density at radius 1 is 1.17 bits per heavy atom. The maximum Gasteiger partial charge on any atom is 0.416 e. The molecule has 0 saturated heterocycles. The molecule has 1 aromatic heterocycles. The number of aliphatic imine (C=N–C) groups is 1. The van der Waals surface area contributed by atoms with E-state index in [-0.39, 0.29) is 48.0 Å². The summed E-state index contributed by atoms with van der Waals surface area (Å²) in [5, 5.41) is 5.91. The van der Waals surface area contributed by atoms with Crippen LogP contribution in [0.5, 0.6) is 0 Å². The number of hydrogen-bond acceptors (Lipinski definition) is 3. The van der Waals surface area contributed by atoms with Crippen LogP contribution in [0.15, 0.2) is 33.8 Å². The van der Waals surface area contributed by atoms with E-state index in [4.69, 9.17) is 4.42 Å². The molecule has 1 aromatic carbocycles. The Labute approximate surface area is 184 Å². The van der Waals surface area contributed by atoms with E-state index in [9.17, 15) is 17.6 Å². The van der Waals surface area contributed by atoms with Crippen molar-refractivity contribution < 1.29 is 22.0 Å². The van der Waals surface area contributed by atoms with Crippen molar-refractivity contribution in [1.29, 1.82) is 0 Å². The van der Waals surface area contributed by atoms with Crippen molar-refractivity contribution in [2.24, 2.45) is 4.99 Å². The number of aromatic nitrogens is 1. The predicted molar refractivity (Wildman–Crippen MR) is 114 cm³/mol. The number of benzene rings is 1. The number of halogens is 5. The number of oxazole rings is 1. The molecule has 5 nitrogen and oxygen atoms in total. The van der Waals surface area contributed by atoms with Gasteiger partial charge in [-0.1, -0.05) is 26.8 Å². The first-order chi connectivity index (χ1) is 13.0. The van der Waals surface area contributed by atoms with Crippen molar-refractivity contribution in [3.63, 3.8) is 0 Å². The first kappa shape index (κ1) is 25.2. The Morgan fingerprint density at radius 3 is 2.41 bits per heavy atom. The Kier molecular flexibility index (Phi) is 8.91. The molecule has 0 aliphatic heterocycles. The summed E-state index contributed by atoms with van der Waals surface area (Å²) in [6.45, 7) is 8.30. The van der Waals surface area contributed by atoms with E-state index in [1.807, 2.05) is 27.7 Å². The summed E-state index contributed by atoms with van der Waals surface area (Å²) in [5.41, 5.74) is -1.33. The molecule has 0 aliphatic rings. The van der Waals surface area contributed by atoms with Crippen molar-refractivity contribution in [2.75, 3.05) is 6.54 Å². The molecule has 0 bridgehead atoms. The monoisotopic (exact) mass is 528 g/mol. The summed E-state index contributed by atoms with van der Waals surface area (Å²) >= 11 is 0. The van der Waals surface area contributed by atoms with Crippen LogP contribution >= 0.6 is 24.0 Å². The van der Waals surface area contributed by atoms with Crippen LogP contribution in [0.1, 0.15) is 50.5 Å². The molecule has 2 N–H and O–H groups in total. The van der Waals surface area contributed by atoms with Gasteiger partial charge in [-0.3, -0.25) is 0 Å². The summed E-state index contributed by atoms with van der Waals surface area (Å²) in [4.78, 5) is 8.35. The first-order valence-corrected chi connectivity index (χ1v) is 8.83. The van der Waals surface area contributed by atoms with Crippen LogP contribution in [0.25, 0.3) is 0 Å². The van der Waals surface area contributed by atoms with E-state index < -0.39 is 17.6 Å². The summed E-state index contributed by atoms with van der Waals surface area (Å²) in [6.07, 6.45) is -3.00. The van der Waals surface area contributed by atoms with Gasteiger partial charge in [0.15, 0.2) is 5.96 Å². The zero-order valence-electron chi connectivity index (χ0n) is 16.7. The number of guanidine groups is 1. The zero-order valence-corrected chi connectivity index (χ0v) is 19.0. The zero-order chi connectivity index (χ0) is 20.9. The highest BCUT2D eigenvalue weighted by Crippen LogP contribution is 2.32. The summed E-state index contributed by atoms with van der Waals surface area (Å²) in [5.74, 6) is 0.528. The molecule has 2 aromatic rings. The third kappa shape index (κ3) is 7.48. The average molecular weight is 528 g/mol. The fourth-order valence-electron chi connectivity index (χ4n) is 2.35. The minimum atomic E-state index is -4.65. The minimum Gasteiger partial charge on any atom is -0.443 e. The molecular formula is C19H25F4IN4O. The van der Waals surface area contributed by atoms with E-state index in [1.165, 1.54) is 0 Å². The van der Waals surface area contributed by atoms with E-state index in [0.29, 0.717) is 24.5 Å². The molecule has 0 spiro atoms. The van der Waals surface area contributed by atoms with Gasteiger partial charge in [0.1, 0.15) is 11.6 Å². The average Bonchev–Trinajstić information content (AvgIpc) is 3.06. The van der Waals surface area contributed by atoms with Gasteiger partial charge < -0.3 is 15.1 Å². The maximum absolute atomic E-state index is 13.2. The summed E-state index contributed by atoms with van der Waals surface area (Å²) in [7, 11) is 0. The lowest BCUT2D eigenvalue weighted by Gasteiger charge is -2.14. The van der Waals surface area contributed by atoms with Gasteiger partial charge in [0.2, 0.25) is 5.89 Å². The number of rotatable bonds is 5. The topological polar surface area (TPSA) is 62.5 Å². The molecular weight excluding hydrogens is 503 g/mol. The fraction of sp³-hybridized carbons (Fsp3) is 0.474. The van der Waals surface area contributed by atoms with Gasteiger partial charge in [0, 0.05) is 12.0 Å². The predicted octanol–water partition coefficient (Wildman–Crippen LogP) is 5.00. The normalized spacial score (nSPS) is 12.5. The van der Waals surface area contributed by atoms with Gasteiger partial charge in [-0.2, -0.15) is 13.2 Å². The van der Waals surface area contributed by atoms with Gasteiger partial charge in [0.25, 0.3) is 0 Å². The van der Waals surface area contributed by atoms with Gasteiger partial charge in [-0.25, -0.2) is 14.4 Å². The second-order valence-corrected chi connectivity index (χ2v) is 7.22. The van der Waals surface area contributed by atoms with Crippen LogP contribution in [-0.4, -0.2) is 17.5 Å². The number of hydrogen-bond donors (Lipinski definition) is 2. The molecule has 0 aliphatic carbocycles. The van der Waals surface area contributed by atoms with Crippen molar-refractivity contribution in [3.05, 3.63) is 53.0 Å². The molecule has 0 radical (unpaired) electrons. The third-order valence-corrected chi connectivity index (χ3v) is 3.83. The molecule has 0 unspecified atom stereocenters. The lowest BCUT2D eigenvalue weighted by Crippen LogP contribution is -2.36. The fourth-order valence-corrected chi connectivity index (χ4v) is 2.35. The summed E-state index contributed by atoms with van der Waals surface area (Å²) in [6, 6.07) is 2.56. The molecule has 29 heavy (non-hydrogen) atoms. The molecule has 0 amide bonds. The minimum absolute atomic E-state index is 0. The van der Waals surface area contributed by atoms with E-state index in [1.54, 1.807) is 6.20 Å². The van der Waals surface area contributed by atoms with Crippen molar-refractivity contribution in [1.82, 2.24) is 15.6 Å². The molecule has 2 rings (SSSR count). The summed E-state index contributed by atoms with van der Waals surface area (Å²) < 4.78 is 58.2. The Bertz CT molecular complexity index is 828. The highest BCUT2D eigenvalue weighted by atomic mass is 127. The lowest BCUT2D eigenvalue weighted by molar-refractivity contribution is -0.138. The van der Waals surface area contributed by atoms with Crippen LogP contribution in [-0.2, 0) is 24.7 Å². The smallest absolute Gasteiger partial charge is 0.416 e. The maximum atomic E-state index is 13.2. The number of nitrogens with one attached hydrogen (secondary N) is 2. The van der Waals surface area contributed by atoms with Crippen molar-refractivity contribution in [3.8, 4) is 0 Å². The Morgan fingerprint density at radius 2 is 1.86 bits per heavy atom. The van der Waals surface area contributed by atoms with Crippen LogP contribution in [0.4, 0.5) is 17.6 Å². The third-order valence-electron chi connectivity index (χ3n) is 3.83.